The SMILES string of the molecule is CC#CCC(NCC)c1cc(F)cc(Br)c1. The molecule has 1 unspecified atom stereocenters. The van der Waals surface area contributed by atoms with E-state index in [9.17, 15) is 4.39 Å². The van der Waals surface area contributed by atoms with Gasteiger partial charge in [0.25, 0.3) is 0 Å². The van der Waals surface area contributed by atoms with Crippen LogP contribution in [-0.2, 0) is 0 Å². The van der Waals surface area contributed by atoms with Crippen LogP contribution in [0.1, 0.15) is 31.9 Å². The minimum atomic E-state index is -0.225. The molecule has 0 aliphatic carbocycles. The van der Waals surface area contributed by atoms with Crippen molar-refractivity contribution in [2.75, 3.05) is 6.54 Å². The lowest BCUT2D eigenvalue weighted by Crippen LogP contribution is -2.20. The lowest BCUT2D eigenvalue weighted by Gasteiger charge is -2.16. The highest BCUT2D eigenvalue weighted by atomic mass is 79.9. The number of nitrogens with one attached hydrogen (secondary N) is 1. The van der Waals surface area contributed by atoms with Crippen LogP contribution in [0, 0.1) is 17.7 Å². The van der Waals surface area contributed by atoms with Crippen molar-refractivity contribution in [3.05, 3.63) is 34.1 Å². The molecule has 16 heavy (non-hydrogen) atoms. The van der Waals surface area contributed by atoms with E-state index in [-0.39, 0.29) is 11.9 Å². The zero-order chi connectivity index (χ0) is 12.0. The van der Waals surface area contributed by atoms with Crippen molar-refractivity contribution in [3.8, 4) is 11.8 Å². The number of rotatable bonds is 4. The normalized spacial score (nSPS) is 11.8. The van der Waals surface area contributed by atoms with Gasteiger partial charge < -0.3 is 5.32 Å². The molecule has 1 nitrogen and oxygen atoms in total. The molecule has 3 heteroatoms. The van der Waals surface area contributed by atoms with Crippen molar-refractivity contribution in [2.45, 2.75) is 26.3 Å². The molecule has 1 aromatic rings. The van der Waals surface area contributed by atoms with E-state index in [0.717, 1.165) is 16.6 Å². The Balaban J connectivity index is 2.93. The first-order valence-electron chi connectivity index (χ1n) is 5.26. The number of benzene rings is 1. The van der Waals surface area contributed by atoms with Gasteiger partial charge in [0.05, 0.1) is 0 Å². The van der Waals surface area contributed by atoms with Gasteiger partial charge in [-0.05, 0) is 37.2 Å². The molecule has 0 amide bonds. The van der Waals surface area contributed by atoms with Gasteiger partial charge in [-0.2, -0.15) is 0 Å². The van der Waals surface area contributed by atoms with E-state index in [1.54, 1.807) is 6.07 Å². The molecule has 0 heterocycles. The smallest absolute Gasteiger partial charge is 0.124 e. The first-order chi connectivity index (χ1) is 7.67. The highest BCUT2D eigenvalue weighted by molar-refractivity contribution is 9.10. The van der Waals surface area contributed by atoms with Crippen LogP contribution in [0.5, 0.6) is 0 Å². The lowest BCUT2D eigenvalue weighted by atomic mass is 10.0. The third kappa shape index (κ3) is 3.96. The summed E-state index contributed by atoms with van der Waals surface area (Å²) in [6, 6.07) is 5.02. The molecular weight excluding hydrogens is 269 g/mol. The summed E-state index contributed by atoms with van der Waals surface area (Å²) in [5.74, 6) is 5.66. The Bertz CT molecular complexity index is 386. The first kappa shape index (κ1) is 13.2. The quantitative estimate of drug-likeness (QED) is 0.832. The predicted octanol–water partition coefficient (Wildman–Crippen LogP) is 3.65. The molecule has 0 aliphatic rings. The maximum atomic E-state index is 13.3. The van der Waals surface area contributed by atoms with Crippen LogP contribution in [0.25, 0.3) is 0 Å². The van der Waals surface area contributed by atoms with Crippen molar-refractivity contribution < 1.29 is 4.39 Å². The summed E-state index contributed by atoms with van der Waals surface area (Å²) < 4.78 is 14.0. The fourth-order valence-corrected chi connectivity index (χ4v) is 2.02. The van der Waals surface area contributed by atoms with Gasteiger partial charge in [0.2, 0.25) is 0 Å². The molecule has 1 aromatic carbocycles. The fraction of sp³-hybridized carbons (Fsp3) is 0.385. The standard InChI is InChI=1S/C13H15BrFN/c1-3-5-6-13(16-4-2)10-7-11(14)9-12(15)8-10/h7-9,13,16H,4,6H2,1-2H3. The Hall–Kier alpha value is -0.850. The Labute approximate surface area is 105 Å². The largest absolute Gasteiger partial charge is 0.309 e. The molecule has 1 N–H and O–H groups in total. The zero-order valence-electron chi connectivity index (χ0n) is 9.48. The topological polar surface area (TPSA) is 12.0 Å². The lowest BCUT2D eigenvalue weighted by molar-refractivity contribution is 0.556. The second-order valence-corrected chi connectivity index (χ2v) is 4.36. The van der Waals surface area contributed by atoms with E-state index in [1.165, 1.54) is 6.07 Å². The van der Waals surface area contributed by atoms with Crippen LogP contribution in [0.15, 0.2) is 22.7 Å². The van der Waals surface area contributed by atoms with Crippen LogP contribution in [0.2, 0.25) is 0 Å². The average Bonchev–Trinajstić information content (AvgIpc) is 2.22. The number of hydrogen-bond acceptors (Lipinski definition) is 1. The highest BCUT2D eigenvalue weighted by Crippen LogP contribution is 2.22. The molecule has 0 spiro atoms. The zero-order valence-corrected chi connectivity index (χ0v) is 11.1. The van der Waals surface area contributed by atoms with Gasteiger partial charge >= 0.3 is 0 Å². The van der Waals surface area contributed by atoms with Gasteiger partial charge in [-0.15, -0.1) is 11.8 Å². The van der Waals surface area contributed by atoms with Crippen LogP contribution in [-0.4, -0.2) is 6.54 Å². The maximum absolute atomic E-state index is 13.3. The highest BCUT2D eigenvalue weighted by Gasteiger charge is 2.10. The van der Waals surface area contributed by atoms with Crippen LogP contribution < -0.4 is 5.32 Å². The van der Waals surface area contributed by atoms with E-state index in [4.69, 9.17) is 0 Å². The summed E-state index contributed by atoms with van der Waals surface area (Å²) in [5.41, 5.74) is 0.927. The van der Waals surface area contributed by atoms with Gasteiger partial charge in [0, 0.05) is 16.9 Å². The monoisotopic (exact) mass is 283 g/mol. The summed E-state index contributed by atoms with van der Waals surface area (Å²) in [5, 5.41) is 3.30. The summed E-state index contributed by atoms with van der Waals surface area (Å²) in [4.78, 5) is 0. The minimum Gasteiger partial charge on any atom is -0.309 e. The Morgan fingerprint density at radius 1 is 1.44 bits per heavy atom. The Kier molecular flexibility index (Phi) is 5.51. The van der Waals surface area contributed by atoms with Crippen molar-refractivity contribution in [2.24, 2.45) is 0 Å². The molecule has 1 rings (SSSR count). The van der Waals surface area contributed by atoms with E-state index < -0.39 is 0 Å². The minimum absolute atomic E-state index is 0.0875. The molecule has 86 valence electrons. The summed E-state index contributed by atoms with van der Waals surface area (Å²) >= 11 is 3.30. The van der Waals surface area contributed by atoms with E-state index in [1.807, 2.05) is 19.9 Å². The molecule has 1 atom stereocenters. The molecule has 0 aliphatic heterocycles. The molecule has 0 aromatic heterocycles. The summed E-state index contributed by atoms with van der Waals surface area (Å²) in [6.07, 6.45) is 0.695. The number of hydrogen-bond donors (Lipinski definition) is 1. The van der Waals surface area contributed by atoms with Crippen LogP contribution in [0.4, 0.5) is 4.39 Å². The molecule has 0 saturated heterocycles. The van der Waals surface area contributed by atoms with Crippen LogP contribution >= 0.6 is 15.9 Å². The van der Waals surface area contributed by atoms with Gasteiger partial charge in [-0.1, -0.05) is 22.9 Å². The van der Waals surface area contributed by atoms with Crippen molar-refractivity contribution in [1.82, 2.24) is 5.32 Å². The van der Waals surface area contributed by atoms with E-state index >= 15 is 0 Å². The second kappa shape index (κ2) is 6.67. The molecule has 0 saturated carbocycles. The van der Waals surface area contributed by atoms with Crippen molar-refractivity contribution >= 4 is 15.9 Å². The van der Waals surface area contributed by atoms with Gasteiger partial charge in [0.15, 0.2) is 0 Å². The van der Waals surface area contributed by atoms with Gasteiger partial charge in [0.1, 0.15) is 5.82 Å². The second-order valence-electron chi connectivity index (χ2n) is 3.44. The fourth-order valence-electron chi connectivity index (χ4n) is 1.53. The average molecular weight is 284 g/mol. The van der Waals surface area contributed by atoms with Crippen molar-refractivity contribution in [3.63, 3.8) is 0 Å². The molecule has 0 radical (unpaired) electrons. The molecule has 0 fully saturated rings. The third-order valence-electron chi connectivity index (χ3n) is 2.22. The van der Waals surface area contributed by atoms with E-state index in [0.29, 0.717) is 6.42 Å². The summed E-state index contributed by atoms with van der Waals surface area (Å²) in [7, 11) is 0. The Morgan fingerprint density at radius 2 is 2.19 bits per heavy atom. The first-order valence-corrected chi connectivity index (χ1v) is 6.05. The van der Waals surface area contributed by atoms with Crippen molar-refractivity contribution in [1.29, 1.82) is 0 Å². The van der Waals surface area contributed by atoms with Crippen LogP contribution in [0.3, 0.4) is 0 Å². The molecule has 0 bridgehead atoms. The third-order valence-corrected chi connectivity index (χ3v) is 2.68. The molecular formula is C13H15BrFN. The summed E-state index contributed by atoms with van der Waals surface area (Å²) in [6.45, 7) is 4.68. The van der Waals surface area contributed by atoms with Gasteiger partial charge in [-0.25, -0.2) is 4.39 Å². The Morgan fingerprint density at radius 3 is 2.75 bits per heavy atom. The number of halogens is 2. The van der Waals surface area contributed by atoms with E-state index in [2.05, 4.69) is 33.1 Å². The van der Waals surface area contributed by atoms with Gasteiger partial charge in [-0.3, -0.25) is 0 Å². The maximum Gasteiger partial charge on any atom is 0.124 e. The predicted molar refractivity (Wildman–Crippen MR) is 68.6 cm³/mol.